The number of nitrogens with one attached hydrogen (secondary N) is 1. The average Bonchev–Trinajstić information content (AvgIpc) is 2.69. The van der Waals surface area contributed by atoms with Gasteiger partial charge in [0.15, 0.2) is 0 Å². The summed E-state index contributed by atoms with van der Waals surface area (Å²) < 4.78 is 19.5. The molecule has 1 aromatic carbocycles. The average molecular weight is 379 g/mol. The lowest BCUT2D eigenvalue weighted by molar-refractivity contribution is 0.00911. The summed E-state index contributed by atoms with van der Waals surface area (Å²) in [6.07, 6.45) is 9.12. The predicted octanol–water partition coefficient (Wildman–Crippen LogP) is 4.31. The summed E-state index contributed by atoms with van der Waals surface area (Å²) in [5.74, 6) is -0.294. The molecule has 1 fully saturated rings. The fourth-order valence-electron chi connectivity index (χ4n) is 3.75. The van der Waals surface area contributed by atoms with E-state index < -0.39 is 0 Å². The minimum absolute atomic E-state index is 0.0240. The van der Waals surface area contributed by atoms with Crippen molar-refractivity contribution in [1.82, 2.24) is 10.2 Å². The van der Waals surface area contributed by atoms with Crippen molar-refractivity contribution in [3.63, 3.8) is 0 Å². The number of hydrogen-bond acceptors (Lipinski definition) is 3. The first-order valence-electron chi connectivity index (χ1n) is 10.3. The number of hydrogen-bond donors (Lipinski definition) is 1. The van der Waals surface area contributed by atoms with Gasteiger partial charge < -0.3 is 15.0 Å². The van der Waals surface area contributed by atoms with Gasteiger partial charge in [-0.05, 0) is 82.8 Å². The molecule has 0 radical (unpaired) electrons. The number of amides is 1. The molecule has 1 aromatic rings. The number of nitrogens with zero attached hydrogens (tertiary/aromatic N) is 1. The molecule has 1 aliphatic carbocycles. The fraction of sp³-hybridized carbons (Fsp3) is 0.682. The maximum Gasteiger partial charge on any atom is 0.253 e. The van der Waals surface area contributed by atoms with Crippen molar-refractivity contribution in [3.05, 3.63) is 35.1 Å². The van der Waals surface area contributed by atoms with E-state index in [1.165, 1.54) is 25.3 Å². The molecule has 0 spiro atoms. The first kappa shape index (κ1) is 21.8. The maximum absolute atomic E-state index is 13.4. The van der Waals surface area contributed by atoms with E-state index in [4.69, 9.17) is 4.74 Å². The third-order valence-corrected chi connectivity index (χ3v) is 5.59. The van der Waals surface area contributed by atoms with Gasteiger partial charge in [0.2, 0.25) is 0 Å². The minimum atomic E-state index is -0.270. The molecule has 0 aromatic heterocycles. The molecule has 1 amide bonds. The Labute approximate surface area is 163 Å². The lowest BCUT2D eigenvalue weighted by Gasteiger charge is -2.34. The molecule has 0 bridgehead atoms. The number of halogens is 1. The molecule has 2 rings (SSSR count). The van der Waals surface area contributed by atoms with E-state index >= 15 is 0 Å². The summed E-state index contributed by atoms with van der Waals surface area (Å²) in [7, 11) is 3.85. The van der Waals surface area contributed by atoms with Crippen LogP contribution < -0.4 is 5.32 Å². The quantitative estimate of drug-likeness (QED) is 0.617. The molecule has 0 unspecified atom stereocenters. The van der Waals surface area contributed by atoms with Gasteiger partial charge in [0.25, 0.3) is 5.91 Å². The van der Waals surface area contributed by atoms with Gasteiger partial charge >= 0.3 is 0 Å². The van der Waals surface area contributed by atoms with Gasteiger partial charge in [0.1, 0.15) is 5.82 Å². The standard InChI is InChI=1S/C22H35FN2O2/c1-17-16-18(8-13-21(17)23)22(26)25(3)19-9-11-20(12-10-19)27-15-7-5-4-6-14-24-2/h8,13,16,19-20,24H,4-7,9-12,14-15H2,1-3H3/t19-,20-. The lowest BCUT2D eigenvalue weighted by atomic mass is 9.91. The number of unbranched alkanes of at least 4 members (excludes halogenated alkanes) is 3. The van der Waals surface area contributed by atoms with Crippen LogP contribution in [0.25, 0.3) is 0 Å². The van der Waals surface area contributed by atoms with Gasteiger partial charge in [-0.3, -0.25) is 4.79 Å². The van der Waals surface area contributed by atoms with Crippen LogP contribution in [0.3, 0.4) is 0 Å². The number of ether oxygens (including phenoxy) is 1. The van der Waals surface area contributed by atoms with Gasteiger partial charge in [-0.1, -0.05) is 12.8 Å². The molecule has 27 heavy (non-hydrogen) atoms. The summed E-state index contributed by atoms with van der Waals surface area (Å²) >= 11 is 0. The normalized spacial score (nSPS) is 19.9. The molecule has 0 aliphatic heterocycles. The summed E-state index contributed by atoms with van der Waals surface area (Å²) in [6.45, 7) is 3.63. The van der Waals surface area contributed by atoms with Gasteiger partial charge in [-0.2, -0.15) is 0 Å². The Balaban J connectivity index is 1.68. The Morgan fingerprint density at radius 3 is 2.56 bits per heavy atom. The lowest BCUT2D eigenvalue weighted by Crippen LogP contribution is -2.40. The largest absolute Gasteiger partial charge is 0.378 e. The zero-order valence-electron chi connectivity index (χ0n) is 17.1. The van der Waals surface area contributed by atoms with Crippen LogP contribution in [0, 0.1) is 12.7 Å². The molecular weight excluding hydrogens is 343 g/mol. The summed E-state index contributed by atoms with van der Waals surface area (Å²) in [5.41, 5.74) is 1.07. The Morgan fingerprint density at radius 1 is 1.19 bits per heavy atom. The molecule has 0 heterocycles. The van der Waals surface area contributed by atoms with Gasteiger partial charge in [-0.25, -0.2) is 4.39 Å². The first-order chi connectivity index (χ1) is 13.0. The molecule has 1 saturated carbocycles. The molecule has 5 heteroatoms. The minimum Gasteiger partial charge on any atom is -0.378 e. The van der Waals surface area contributed by atoms with Crippen LogP contribution in [0.15, 0.2) is 18.2 Å². The monoisotopic (exact) mass is 378 g/mol. The predicted molar refractivity (Wildman–Crippen MR) is 108 cm³/mol. The van der Waals surface area contributed by atoms with Crippen LogP contribution in [-0.4, -0.2) is 50.2 Å². The maximum atomic E-state index is 13.4. The highest BCUT2D eigenvalue weighted by molar-refractivity contribution is 5.94. The molecule has 1 aliphatic rings. The van der Waals surface area contributed by atoms with Crippen molar-refractivity contribution in [3.8, 4) is 0 Å². The second kappa shape index (κ2) is 11.4. The highest BCUT2D eigenvalue weighted by atomic mass is 19.1. The smallest absolute Gasteiger partial charge is 0.253 e. The zero-order chi connectivity index (χ0) is 19.6. The van der Waals surface area contributed by atoms with Crippen molar-refractivity contribution in [2.45, 2.75) is 70.4 Å². The van der Waals surface area contributed by atoms with E-state index in [1.807, 2.05) is 19.0 Å². The van der Waals surface area contributed by atoms with E-state index in [1.54, 1.807) is 19.1 Å². The highest BCUT2D eigenvalue weighted by Crippen LogP contribution is 2.26. The zero-order valence-corrected chi connectivity index (χ0v) is 17.1. The van der Waals surface area contributed by atoms with Crippen LogP contribution >= 0.6 is 0 Å². The topological polar surface area (TPSA) is 41.6 Å². The highest BCUT2D eigenvalue weighted by Gasteiger charge is 2.27. The Morgan fingerprint density at radius 2 is 1.89 bits per heavy atom. The number of carbonyl (C=O) groups is 1. The molecule has 4 nitrogen and oxygen atoms in total. The van der Waals surface area contributed by atoms with Crippen LogP contribution in [0.4, 0.5) is 4.39 Å². The van der Waals surface area contributed by atoms with Crippen molar-refractivity contribution >= 4 is 5.91 Å². The number of benzene rings is 1. The fourth-order valence-corrected chi connectivity index (χ4v) is 3.75. The Bertz CT molecular complexity index is 586. The summed E-state index contributed by atoms with van der Waals surface area (Å²) in [5, 5.41) is 3.17. The molecule has 152 valence electrons. The van der Waals surface area contributed by atoms with Crippen molar-refractivity contribution in [2.75, 3.05) is 27.2 Å². The molecule has 0 saturated heterocycles. The van der Waals surface area contributed by atoms with Crippen LogP contribution in [0.2, 0.25) is 0 Å². The molecule has 1 N–H and O–H groups in total. The van der Waals surface area contributed by atoms with Gasteiger partial charge in [-0.15, -0.1) is 0 Å². The summed E-state index contributed by atoms with van der Waals surface area (Å²) in [4.78, 5) is 14.5. The number of carbonyl (C=O) groups excluding carboxylic acids is 1. The van der Waals surface area contributed by atoms with Gasteiger partial charge in [0.05, 0.1) is 6.10 Å². The number of rotatable bonds is 10. The second-order valence-corrected chi connectivity index (χ2v) is 7.70. The summed E-state index contributed by atoms with van der Waals surface area (Å²) in [6, 6.07) is 4.83. The van der Waals surface area contributed by atoms with Crippen LogP contribution in [0.1, 0.15) is 67.3 Å². The third-order valence-electron chi connectivity index (χ3n) is 5.59. The van der Waals surface area contributed by atoms with Crippen molar-refractivity contribution in [1.29, 1.82) is 0 Å². The van der Waals surface area contributed by atoms with E-state index in [9.17, 15) is 9.18 Å². The van der Waals surface area contributed by atoms with Gasteiger partial charge in [0, 0.05) is 25.3 Å². The Kier molecular flexibility index (Phi) is 9.22. The molecule has 0 atom stereocenters. The SMILES string of the molecule is CNCCCCCCO[C@H]1CC[C@H](N(C)C(=O)c2ccc(F)c(C)c2)CC1. The third kappa shape index (κ3) is 6.89. The van der Waals surface area contributed by atoms with E-state index in [0.29, 0.717) is 17.2 Å². The first-order valence-corrected chi connectivity index (χ1v) is 10.3. The van der Waals surface area contributed by atoms with Crippen molar-refractivity contribution in [2.24, 2.45) is 0 Å². The number of aryl methyl sites for hydroxylation is 1. The molecular formula is C22H35FN2O2. The van der Waals surface area contributed by atoms with Crippen LogP contribution in [0.5, 0.6) is 0 Å². The van der Waals surface area contributed by atoms with E-state index in [0.717, 1.165) is 45.3 Å². The van der Waals surface area contributed by atoms with Crippen molar-refractivity contribution < 1.29 is 13.9 Å². The second-order valence-electron chi connectivity index (χ2n) is 7.70. The van der Waals surface area contributed by atoms with E-state index in [2.05, 4.69) is 5.32 Å². The van der Waals surface area contributed by atoms with Crippen LogP contribution in [-0.2, 0) is 4.74 Å². The Hall–Kier alpha value is -1.46. The van der Waals surface area contributed by atoms with E-state index in [-0.39, 0.29) is 17.8 Å².